The second-order valence-electron chi connectivity index (χ2n) is 2.85. The van der Waals surface area contributed by atoms with Gasteiger partial charge in [-0.05, 0) is 36.5 Å². The molecule has 0 aromatic rings. The van der Waals surface area contributed by atoms with E-state index in [1.807, 2.05) is 11.8 Å². The van der Waals surface area contributed by atoms with E-state index in [2.05, 4.69) is 46.8 Å². The van der Waals surface area contributed by atoms with Crippen molar-refractivity contribution in [2.75, 3.05) is 0 Å². The molecule has 0 aliphatic carbocycles. The van der Waals surface area contributed by atoms with Crippen LogP contribution in [0.1, 0.15) is 34.6 Å². The van der Waals surface area contributed by atoms with E-state index in [1.165, 1.54) is 9.81 Å². The molecule has 0 spiro atoms. The van der Waals surface area contributed by atoms with Crippen LogP contribution in [0.4, 0.5) is 0 Å². The minimum atomic E-state index is 0.653. The predicted molar refractivity (Wildman–Crippen MR) is 55.6 cm³/mol. The molecule has 0 unspecified atom stereocenters. The molecule has 11 heavy (non-hydrogen) atoms. The fourth-order valence-corrected chi connectivity index (χ4v) is 1.60. The van der Waals surface area contributed by atoms with Gasteiger partial charge in [0.1, 0.15) is 0 Å². The summed E-state index contributed by atoms with van der Waals surface area (Å²) in [5.74, 6) is 0.653. The van der Waals surface area contributed by atoms with Gasteiger partial charge in [0.15, 0.2) is 0 Å². The fraction of sp³-hybridized carbons (Fsp3) is 0.600. The summed E-state index contributed by atoms with van der Waals surface area (Å²) >= 11 is 1.87. The summed E-state index contributed by atoms with van der Waals surface area (Å²) in [6.45, 7) is 10.8. The van der Waals surface area contributed by atoms with E-state index < -0.39 is 0 Å². The first-order valence-electron chi connectivity index (χ1n) is 4.08. The quantitative estimate of drug-likeness (QED) is 0.611. The second-order valence-corrected chi connectivity index (χ2v) is 4.17. The Labute approximate surface area is 74.8 Å². The van der Waals surface area contributed by atoms with Gasteiger partial charge in [-0.15, -0.1) is 0 Å². The summed E-state index contributed by atoms with van der Waals surface area (Å²) in [7, 11) is 0. The van der Waals surface area contributed by atoms with Crippen molar-refractivity contribution in [1.29, 1.82) is 0 Å². The molecule has 64 valence electrons. The van der Waals surface area contributed by atoms with Crippen LogP contribution in [0.2, 0.25) is 0 Å². The molecule has 0 saturated carbocycles. The maximum atomic E-state index is 2.23. The number of rotatable bonds is 3. The first-order chi connectivity index (χ1) is 5.11. The summed E-state index contributed by atoms with van der Waals surface area (Å²) in [5, 5.41) is 0. The van der Waals surface area contributed by atoms with Gasteiger partial charge in [-0.25, -0.2) is 0 Å². The summed E-state index contributed by atoms with van der Waals surface area (Å²) in [6.07, 6.45) is 4.35. The summed E-state index contributed by atoms with van der Waals surface area (Å²) in [6, 6.07) is 0. The molecule has 0 aromatic carbocycles. The molecule has 0 N–H and O–H groups in total. The monoisotopic (exact) mass is 170 g/mol. The molecule has 0 radical (unpaired) electrons. The van der Waals surface area contributed by atoms with Crippen LogP contribution >= 0.6 is 11.8 Å². The SMILES string of the molecule is CC=C(C)S/C(=C\C)C(C)C. The number of thioether (sulfide) groups is 1. The Morgan fingerprint density at radius 2 is 1.73 bits per heavy atom. The smallest absolute Gasteiger partial charge is 0.0123 e. The number of hydrogen-bond donors (Lipinski definition) is 0. The molecular weight excluding hydrogens is 152 g/mol. The van der Waals surface area contributed by atoms with E-state index >= 15 is 0 Å². The van der Waals surface area contributed by atoms with E-state index in [1.54, 1.807) is 0 Å². The Bertz CT molecular complexity index is 164. The van der Waals surface area contributed by atoms with Gasteiger partial charge in [0, 0.05) is 0 Å². The van der Waals surface area contributed by atoms with Gasteiger partial charge in [-0.2, -0.15) is 0 Å². The highest BCUT2D eigenvalue weighted by Gasteiger charge is 2.02. The zero-order valence-electron chi connectivity index (χ0n) is 8.14. The van der Waals surface area contributed by atoms with Crippen LogP contribution in [0.15, 0.2) is 22.0 Å². The van der Waals surface area contributed by atoms with E-state index in [0.717, 1.165) is 0 Å². The van der Waals surface area contributed by atoms with Crippen LogP contribution < -0.4 is 0 Å². The Kier molecular flexibility index (Phi) is 5.39. The predicted octanol–water partition coefficient (Wildman–Crippen LogP) is 4.20. The van der Waals surface area contributed by atoms with Gasteiger partial charge in [0.25, 0.3) is 0 Å². The Morgan fingerprint density at radius 3 is 2.00 bits per heavy atom. The van der Waals surface area contributed by atoms with Crippen molar-refractivity contribution in [3.05, 3.63) is 22.0 Å². The van der Waals surface area contributed by atoms with Gasteiger partial charge in [-0.1, -0.05) is 37.8 Å². The van der Waals surface area contributed by atoms with Crippen molar-refractivity contribution in [2.24, 2.45) is 5.92 Å². The van der Waals surface area contributed by atoms with Crippen LogP contribution in [0.3, 0.4) is 0 Å². The number of allylic oxidation sites excluding steroid dienone is 4. The molecule has 0 atom stereocenters. The van der Waals surface area contributed by atoms with Crippen molar-refractivity contribution in [2.45, 2.75) is 34.6 Å². The van der Waals surface area contributed by atoms with Crippen LogP contribution in [0, 0.1) is 5.92 Å². The van der Waals surface area contributed by atoms with E-state index in [9.17, 15) is 0 Å². The van der Waals surface area contributed by atoms with Gasteiger partial charge < -0.3 is 0 Å². The Hall–Kier alpha value is -0.170. The van der Waals surface area contributed by atoms with Gasteiger partial charge in [-0.3, -0.25) is 0 Å². The largest absolute Gasteiger partial charge is 0.0997 e. The molecule has 0 saturated heterocycles. The summed E-state index contributed by atoms with van der Waals surface area (Å²) < 4.78 is 0. The van der Waals surface area contributed by atoms with E-state index in [-0.39, 0.29) is 0 Å². The molecule has 0 heterocycles. The third-order valence-corrected chi connectivity index (χ3v) is 3.04. The lowest BCUT2D eigenvalue weighted by Crippen LogP contribution is -1.88. The molecule has 0 rings (SSSR count). The van der Waals surface area contributed by atoms with Crippen LogP contribution in [0.25, 0.3) is 0 Å². The van der Waals surface area contributed by atoms with Crippen molar-refractivity contribution >= 4 is 11.8 Å². The zero-order chi connectivity index (χ0) is 8.85. The zero-order valence-corrected chi connectivity index (χ0v) is 8.96. The maximum absolute atomic E-state index is 2.23. The molecule has 0 aliphatic heterocycles. The third kappa shape index (κ3) is 4.31. The van der Waals surface area contributed by atoms with Gasteiger partial charge in [0.2, 0.25) is 0 Å². The summed E-state index contributed by atoms with van der Waals surface area (Å²) in [4.78, 5) is 2.84. The Balaban J connectivity index is 4.12. The van der Waals surface area contributed by atoms with Crippen LogP contribution in [0.5, 0.6) is 0 Å². The van der Waals surface area contributed by atoms with Gasteiger partial charge >= 0.3 is 0 Å². The summed E-state index contributed by atoms with van der Waals surface area (Å²) in [5.41, 5.74) is 0. The first kappa shape index (κ1) is 10.8. The second kappa shape index (κ2) is 5.48. The van der Waals surface area contributed by atoms with Crippen LogP contribution in [-0.4, -0.2) is 0 Å². The molecule has 0 nitrogen and oxygen atoms in total. The topological polar surface area (TPSA) is 0 Å². The Morgan fingerprint density at radius 1 is 1.18 bits per heavy atom. The first-order valence-corrected chi connectivity index (χ1v) is 4.90. The molecule has 0 aliphatic rings. The molecule has 0 amide bonds. The van der Waals surface area contributed by atoms with Crippen molar-refractivity contribution in [3.8, 4) is 0 Å². The lowest BCUT2D eigenvalue weighted by molar-refractivity contribution is 0.815. The highest BCUT2D eigenvalue weighted by molar-refractivity contribution is 8.06. The standard InChI is InChI=1S/C10H18S/c1-6-9(5)11-10(7-2)8(3)4/h6-8H,1-5H3/b9-6?,10-7-. The highest BCUT2D eigenvalue weighted by atomic mass is 32.2. The number of hydrogen-bond acceptors (Lipinski definition) is 1. The van der Waals surface area contributed by atoms with Crippen LogP contribution in [-0.2, 0) is 0 Å². The average Bonchev–Trinajstić information content (AvgIpc) is 1.99. The molecule has 1 heteroatoms. The average molecular weight is 170 g/mol. The molecular formula is C10H18S. The van der Waals surface area contributed by atoms with Crippen molar-refractivity contribution < 1.29 is 0 Å². The molecule has 0 bridgehead atoms. The highest BCUT2D eigenvalue weighted by Crippen LogP contribution is 2.29. The van der Waals surface area contributed by atoms with E-state index in [0.29, 0.717) is 5.92 Å². The lowest BCUT2D eigenvalue weighted by Gasteiger charge is -2.09. The normalized spacial score (nSPS) is 14.4. The van der Waals surface area contributed by atoms with Gasteiger partial charge in [0.05, 0.1) is 0 Å². The maximum Gasteiger partial charge on any atom is -0.0123 e. The van der Waals surface area contributed by atoms with E-state index in [4.69, 9.17) is 0 Å². The molecule has 0 aromatic heterocycles. The van der Waals surface area contributed by atoms with Crippen molar-refractivity contribution in [1.82, 2.24) is 0 Å². The third-order valence-electron chi connectivity index (χ3n) is 1.54. The minimum absolute atomic E-state index is 0.653. The molecule has 0 fully saturated rings. The lowest BCUT2D eigenvalue weighted by atomic mass is 10.2. The fourth-order valence-electron chi connectivity index (χ4n) is 0.755. The van der Waals surface area contributed by atoms with Crippen molar-refractivity contribution in [3.63, 3.8) is 0 Å². The minimum Gasteiger partial charge on any atom is -0.0997 e.